The van der Waals surface area contributed by atoms with E-state index < -0.39 is 6.09 Å². The van der Waals surface area contributed by atoms with E-state index in [9.17, 15) is 9.59 Å². The largest absolute Gasteiger partial charge is 0.447 e. The number of nitrogens with zero attached hydrogens (tertiary/aromatic N) is 4. The Bertz CT molecular complexity index is 1180. The molecule has 1 aromatic carbocycles. The summed E-state index contributed by atoms with van der Waals surface area (Å²) in [6.07, 6.45) is 6.17. The third-order valence-electron chi connectivity index (χ3n) is 5.58. The van der Waals surface area contributed by atoms with Gasteiger partial charge in [-0.2, -0.15) is 0 Å². The minimum Gasteiger partial charge on any atom is -0.447 e. The lowest BCUT2D eigenvalue weighted by Gasteiger charge is -2.26. The zero-order chi connectivity index (χ0) is 23.7. The van der Waals surface area contributed by atoms with Crippen molar-refractivity contribution >= 4 is 40.9 Å². The normalized spacial score (nSPS) is 18.1. The van der Waals surface area contributed by atoms with Gasteiger partial charge >= 0.3 is 12.1 Å². The van der Waals surface area contributed by atoms with Crippen LogP contribution in [-0.4, -0.2) is 49.6 Å². The van der Waals surface area contributed by atoms with E-state index in [1.807, 2.05) is 4.90 Å². The number of amides is 3. The smallest absolute Gasteiger partial charge is 0.411 e. The number of benzene rings is 1. The van der Waals surface area contributed by atoms with Gasteiger partial charge in [-0.05, 0) is 58.7 Å². The van der Waals surface area contributed by atoms with Crippen LogP contribution in [0.4, 0.5) is 21.0 Å². The summed E-state index contributed by atoms with van der Waals surface area (Å²) in [5.74, 6) is 0.443. The number of likely N-dealkylation sites (tertiary alicyclic amines) is 1. The summed E-state index contributed by atoms with van der Waals surface area (Å²) >= 11 is 6.45. The van der Waals surface area contributed by atoms with Crippen molar-refractivity contribution in [1.82, 2.24) is 19.3 Å². The van der Waals surface area contributed by atoms with Crippen LogP contribution in [0.5, 0.6) is 0 Å². The average molecular weight is 471 g/mol. The highest BCUT2D eigenvalue weighted by molar-refractivity contribution is 6.33. The summed E-state index contributed by atoms with van der Waals surface area (Å²) < 4.78 is 6.78. The molecule has 3 aromatic rings. The van der Waals surface area contributed by atoms with Crippen LogP contribution in [0, 0.1) is 0 Å². The summed E-state index contributed by atoms with van der Waals surface area (Å²) in [5, 5.41) is 6.12. The molecule has 0 spiro atoms. The number of rotatable bonds is 4. The van der Waals surface area contributed by atoms with E-state index in [0.29, 0.717) is 33.4 Å². The highest BCUT2D eigenvalue weighted by atomic mass is 35.5. The zero-order valence-electron chi connectivity index (χ0n) is 19.0. The lowest BCUT2D eigenvalue weighted by Crippen LogP contribution is -2.41. The molecule has 2 N–H and O–H groups in total. The molecule has 174 valence electrons. The average Bonchev–Trinajstić information content (AvgIpc) is 3.31. The van der Waals surface area contributed by atoms with Crippen molar-refractivity contribution in [1.29, 1.82) is 0 Å². The number of fused-ring (bicyclic) bond motifs is 1. The van der Waals surface area contributed by atoms with Crippen LogP contribution in [-0.2, 0) is 4.74 Å². The van der Waals surface area contributed by atoms with Crippen LogP contribution >= 0.6 is 11.6 Å². The first-order valence-corrected chi connectivity index (χ1v) is 11.3. The first-order chi connectivity index (χ1) is 15.7. The Balaban J connectivity index is 1.56. The highest BCUT2D eigenvalue weighted by Gasteiger charge is 2.31. The molecule has 1 aliphatic heterocycles. The number of carbonyl (C=O) groups is 2. The van der Waals surface area contributed by atoms with Gasteiger partial charge in [0, 0.05) is 35.7 Å². The molecule has 2 atom stereocenters. The third-order valence-corrected chi connectivity index (χ3v) is 5.91. The molecule has 3 heterocycles. The second-order valence-electron chi connectivity index (χ2n) is 8.56. The van der Waals surface area contributed by atoms with Crippen LogP contribution in [0.2, 0.25) is 5.02 Å². The maximum absolute atomic E-state index is 12.8. The summed E-state index contributed by atoms with van der Waals surface area (Å²) in [5.41, 5.74) is 2.36. The van der Waals surface area contributed by atoms with Gasteiger partial charge in [-0.1, -0.05) is 11.6 Å². The predicted octanol–water partition coefficient (Wildman–Crippen LogP) is 5.41. The number of hydrogen-bond acceptors (Lipinski definition) is 5. The standard InChI is InChI=1S/C23H27ClN6O3/c1-13(2)33-23(32)27-17-10-25-21-28-20(12-29(21)11-17)18-9-16(7-8-19(18)24)26-22(31)30-14(3)5-6-15(30)4/h7-15H,5-6H2,1-4H3,(H,26,31)(H,27,32). The molecule has 1 fully saturated rings. The summed E-state index contributed by atoms with van der Waals surface area (Å²) in [7, 11) is 0. The number of anilines is 2. The first-order valence-electron chi connectivity index (χ1n) is 10.9. The quantitative estimate of drug-likeness (QED) is 0.530. The molecule has 2 unspecified atom stereocenters. The van der Waals surface area contributed by atoms with Crippen LogP contribution in [0.25, 0.3) is 17.0 Å². The van der Waals surface area contributed by atoms with E-state index in [4.69, 9.17) is 16.3 Å². The monoisotopic (exact) mass is 470 g/mol. The van der Waals surface area contributed by atoms with Crippen molar-refractivity contribution in [2.45, 2.75) is 58.7 Å². The Morgan fingerprint density at radius 2 is 1.85 bits per heavy atom. The molecule has 1 saturated heterocycles. The second kappa shape index (κ2) is 9.27. The van der Waals surface area contributed by atoms with Gasteiger partial charge in [-0.15, -0.1) is 0 Å². The van der Waals surface area contributed by atoms with Crippen molar-refractivity contribution in [2.75, 3.05) is 10.6 Å². The number of ether oxygens (including phenoxy) is 1. The SMILES string of the molecule is CC(C)OC(=O)Nc1cnc2nc(-c3cc(NC(=O)N4C(C)CCC4C)ccc3Cl)cn2c1. The molecule has 3 amide bonds. The van der Waals surface area contributed by atoms with Crippen molar-refractivity contribution in [2.24, 2.45) is 0 Å². The Morgan fingerprint density at radius 1 is 1.12 bits per heavy atom. The fourth-order valence-corrected chi connectivity index (χ4v) is 4.24. The molecule has 9 nitrogen and oxygen atoms in total. The van der Waals surface area contributed by atoms with E-state index in [1.165, 1.54) is 6.20 Å². The Labute approximate surface area is 197 Å². The van der Waals surface area contributed by atoms with E-state index >= 15 is 0 Å². The van der Waals surface area contributed by atoms with Gasteiger partial charge in [0.1, 0.15) is 0 Å². The highest BCUT2D eigenvalue weighted by Crippen LogP contribution is 2.31. The van der Waals surface area contributed by atoms with Gasteiger partial charge in [-0.25, -0.2) is 19.6 Å². The summed E-state index contributed by atoms with van der Waals surface area (Å²) in [6.45, 7) is 7.67. The molecule has 0 aliphatic carbocycles. The number of carbonyl (C=O) groups excluding carboxylic acids is 2. The van der Waals surface area contributed by atoms with E-state index in [0.717, 1.165) is 12.8 Å². The number of urea groups is 1. The van der Waals surface area contributed by atoms with Gasteiger partial charge in [0.2, 0.25) is 5.78 Å². The van der Waals surface area contributed by atoms with Gasteiger partial charge < -0.3 is 15.0 Å². The number of imidazole rings is 1. The third kappa shape index (κ3) is 5.03. The predicted molar refractivity (Wildman–Crippen MR) is 128 cm³/mol. The fraction of sp³-hybridized carbons (Fsp3) is 0.391. The number of nitrogens with one attached hydrogen (secondary N) is 2. The summed E-state index contributed by atoms with van der Waals surface area (Å²) in [6, 6.07) is 5.59. The fourth-order valence-electron chi connectivity index (χ4n) is 4.02. The van der Waals surface area contributed by atoms with E-state index in [-0.39, 0.29) is 24.2 Å². The Hall–Kier alpha value is -3.33. The van der Waals surface area contributed by atoms with Crippen molar-refractivity contribution in [3.05, 3.63) is 41.8 Å². The van der Waals surface area contributed by atoms with Crippen molar-refractivity contribution in [3.8, 4) is 11.3 Å². The van der Waals surface area contributed by atoms with E-state index in [2.05, 4.69) is 34.4 Å². The van der Waals surface area contributed by atoms with Crippen molar-refractivity contribution < 1.29 is 14.3 Å². The zero-order valence-corrected chi connectivity index (χ0v) is 19.8. The maximum atomic E-state index is 12.8. The lowest BCUT2D eigenvalue weighted by atomic mass is 10.1. The Morgan fingerprint density at radius 3 is 2.55 bits per heavy atom. The summed E-state index contributed by atoms with van der Waals surface area (Å²) in [4.78, 5) is 35.4. The first kappa shape index (κ1) is 22.8. The minimum atomic E-state index is -0.556. The molecular weight excluding hydrogens is 444 g/mol. The molecule has 1 aliphatic rings. The lowest BCUT2D eigenvalue weighted by molar-refractivity contribution is 0.130. The number of aromatic nitrogens is 3. The number of halogens is 1. The van der Waals surface area contributed by atoms with Crippen molar-refractivity contribution in [3.63, 3.8) is 0 Å². The van der Waals surface area contributed by atoms with Gasteiger partial charge in [0.15, 0.2) is 0 Å². The molecule has 33 heavy (non-hydrogen) atoms. The number of hydrogen-bond donors (Lipinski definition) is 2. The topological polar surface area (TPSA) is 101 Å². The maximum Gasteiger partial charge on any atom is 0.411 e. The van der Waals surface area contributed by atoms with Crippen LogP contribution in [0.1, 0.15) is 40.5 Å². The van der Waals surface area contributed by atoms with Crippen LogP contribution < -0.4 is 10.6 Å². The van der Waals surface area contributed by atoms with Crippen LogP contribution in [0.3, 0.4) is 0 Å². The molecule has 2 aromatic heterocycles. The van der Waals surface area contributed by atoms with E-state index in [1.54, 1.807) is 48.8 Å². The molecule has 0 radical (unpaired) electrons. The molecule has 4 rings (SSSR count). The van der Waals surface area contributed by atoms with Gasteiger partial charge in [0.05, 0.1) is 28.7 Å². The second-order valence-corrected chi connectivity index (χ2v) is 8.97. The minimum absolute atomic E-state index is 0.124. The molecular formula is C23H27ClN6O3. The van der Waals surface area contributed by atoms with Crippen LogP contribution in [0.15, 0.2) is 36.8 Å². The molecule has 0 bridgehead atoms. The van der Waals surface area contributed by atoms with Gasteiger partial charge in [0.25, 0.3) is 0 Å². The van der Waals surface area contributed by atoms with Gasteiger partial charge in [-0.3, -0.25) is 9.72 Å². The molecule has 10 heteroatoms. The Kier molecular flexibility index (Phi) is 6.42. The molecule has 0 saturated carbocycles.